The predicted molar refractivity (Wildman–Crippen MR) is 46.1 cm³/mol. The Morgan fingerprint density at radius 1 is 1.50 bits per heavy atom. The van der Waals surface area contributed by atoms with Crippen molar-refractivity contribution in [2.24, 2.45) is 0 Å². The summed E-state index contributed by atoms with van der Waals surface area (Å²) in [5.74, 6) is 0. The Balaban J connectivity index is 3.92. The average Bonchev–Trinajstić information content (AvgIpc) is 1.87. The Morgan fingerprint density at radius 3 is 2.00 bits per heavy atom. The van der Waals surface area contributed by atoms with Gasteiger partial charge in [0.25, 0.3) is 0 Å². The van der Waals surface area contributed by atoms with Crippen LogP contribution in [0.5, 0.6) is 0 Å². The summed E-state index contributed by atoms with van der Waals surface area (Å²) in [5.41, 5.74) is 0.741. The van der Waals surface area contributed by atoms with Crippen molar-refractivity contribution in [3.63, 3.8) is 0 Å². The van der Waals surface area contributed by atoms with Gasteiger partial charge in [-0.2, -0.15) is 0 Å². The molecule has 0 aliphatic heterocycles. The Bertz CT molecular complexity index is 119. The highest BCUT2D eigenvalue weighted by atomic mass is 28.1. The van der Waals surface area contributed by atoms with Crippen molar-refractivity contribution in [2.75, 3.05) is 14.2 Å². The molecule has 0 aliphatic rings. The third-order valence-corrected chi connectivity index (χ3v) is 2.66. The minimum absolute atomic E-state index is 0.355. The summed E-state index contributed by atoms with van der Waals surface area (Å²) in [5, 5.41) is 0. The molecule has 0 radical (unpaired) electrons. The minimum atomic E-state index is -0.355. The second kappa shape index (κ2) is 3.90. The lowest BCUT2D eigenvalue weighted by Crippen LogP contribution is -2.34. The fraction of sp³-hybridized carbons (Fsp3) is 0.714. The third kappa shape index (κ3) is 3.15. The Kier molecular flexibility index (Phi) is 3.86. The van der Waals surface area contributed by atoms with Gasteiger partial charge in [-0.25, -0.2) is 0 Å². The highest BCUT2D eigenvalue weighted by Gasteiger charge is 2.21. The minimum Gasteiger partial charge on any atom is -0.358 e. The van der Waals surface area contributed by atoms with Crippen LogP contribution in [-0.2, 0) is 9.47 Å². The summed E-state index contributed by atoms with van der Waals surface area (Å²) in [6.07, 6.45) is 0.798. The van der Waals surface area contributed by atoms with Crippen molar-refractivity contribution >= 4 is 10.2 Å². The highest BCUT2D eigenvalue weighted by molar-refractivity contribution is 6.13. The molecule has 0 saturated heterocycles. The molecule has 0 N–H and O–H groups in total. The highest BCUT2D eigenvalue weighted by Crippen LogP contribution is 2.15. The molecular weight excluding hydrogens is 144 g/mol. The second-order valence-corrected chi connectivity index (χ2v) is 4.20. The number of ether oxygens (including phenoxy) is 2. The van der Waals surface area contributed by atoms with E-state index in [-0.39, 0.29) is 5.41 Å². The zero-order valence-corrected chi connectivity index (χ0v) is 9.23. The fourth-order valence-corrected chi connectivity index (χ4v) is 1.38. The van der Waals surface area contributed by atoms with Gasteiger partial charge in [0.05, 0.1) is 10.2 Å². The largest absolute Gasteiger partial charge is 0.358 e. The van der Waals surface area contributed by atoms with Crippen LogP contribution in [-0.4, -0.2) is 29.9 Å². The SMILES string of the molecule is C=C(C)CC([SiH3])(OC)OC. The molecule has 2 nitrogen and oxygen atoms in total. The maximum absolute atomic E-state index is 5.18. The van der Waals surface area contributed by atoms with E-state index in [4.69, 9.17) is 9.47 Å². The van der Waals surface area contributed by atoms with E-state index in [0.29, 0.717) is 0 Å². The normalized spacial score (nSPS) is 11.9. The standard InChI is InChI=1S/C7H16O2Si/c1-6(2)5-7(10,8-3)9-4/h1,5H2,2-4,10H3. The molecule has 0 spiro atoms. The summed E-state index contributed by atoms with van der Waals surface area (Å²) < 4.78 is 10.4. The quantitative estimate of drug-likeness (QED) is 0.334. The molecule has 0 rings (SSSR count). The number of rotatable bonds is 4. The maximum Gasteiger partial charge on any atom is 0.144 e. The monoisotopic (exact) mass is 160 g/mol. The lowest BCUT2D eigenvalue weighted by atomic mass is 10.2. The van der Waals surface area contributed by atoms with Crippen LogP contribution in [0.1, 0.15) is 13.3 Å². The maximum atomic E-state index is 5.18. The zero-order valence-electron chi connectivity index (χ0n) is 7.23. The molecule has 0 heterocycles. The van der Waals surface area contributed by atoms with Crippen molar-refractivity contribution in [3.05, 3.63) is 12.2 Å². The summed E-state index contributed by atoms with van der Waals surface area (Å²) >= 11 is 0. The molecule has 3 heteroatoms. The molecule has 0 fully saturated rings. The van der Waals surface area contributed by atoms with Gasteiger partial charge in [-0.1, -0.05) is 12.2 Å². The van der Waals surface area contributed by atoms with Gasteiger partial charge >= 0.3 is 0 Å². The Labute approximate surface area is 65.6 Å². The van der Waals surface area contributed by atoms with Crippen LogP contribution in [0.25, 0.3) is 0 Å². The van der Waals surface area contributed by atoms with E-state index < -0.39 is 0 Å². The van der Waals surface area contributed by atoms with Crippen LogP contribution in [0.3, 0.4) is 0 Å². The van der Waals surface area contributed by atoms with Crippen LogP contribution in [0.2, 0.25) is 0 Å². The van der Waals surface area contributed by atoms with E-state index in [0.717, 1.165) is 22.2 Å². The first-order valence-electron chi connectivity index (χ1n) is 3.29. The molecule has 0 unspecified atom stereocenters. The van der Waals surface area contributed by atoms with E-state index in [9.17, 15) is 0 Å². The Hall–Kier alpha value is -0.123. The molecule has 0 aromatic carbocycles. The smallest absolute Gasteiger partial charge is 0.144 e. The predicted octanol–water partition coefficient (Wildman–Crippen LogP) is 0.265. The summed E-state index contributed by atoms with van der Waals surface area (Å²) in [6.45, 7) is 5.78. The van der Waals surface area contributed by atoms with E-state index in [1.54, 1.807) is 14.2 Å². The van der Waals surface area contributed by atoms with Gasteiger partial charge in [-0.15, -0.1) is 0 Å². The summed E-state index contributed by atoms with van der Waals surface area (Å²) in [7, 11) is 4.19. The molecule has 10 heavy (non-hydrogen) atoms. The van der Waals surface area contributed by atoms with Crippen molar-refractivity contribution in [1.29, 1.82) is 0 Å². The topological polar surface area (TPSA) is 18.5 Å². The molecule has 0 aliphatic carbocycles. The molecule has 0 saturated carbocycles. The van der Waals surface area contributed by atoms with Crippen molar-refractivity contribution in [1.82, 2.24) is 0 Å². The third-order valence-electron chi connectivity index (χ3n) is 1.49. The first kappa shape index (κ1) is 9.88. The molecule has 0 aromatic heterocycles. The number of methoxy groups -OCH3 is 2. The van der Waals surface area contributed by atoms with Gasteiger partial charge in [-0.3, -0.25) is 0 Å². The van der Waals surface area contributed by atoms with E-state index in [2.05, 4.69) is 6.58 Å². The van der Waals surface area contributed by atoms with Crippen molar-refractivity contribution in [2.45, 2.75) is 18.8 Å². The van der Waals surface area contributed by atoms with Gasteiger partial charge in [0.15, 0.2) is 0 Å². The van der Waals surface area contributed by atoms with Crippen molar-refractivity contribution in [3.8, 4) is 0 Å². The lowest BCUT2D eigenvalue weighted by molar-refractivity contribution is -0.140. The van der Waals surface area contributed by atoms with Crippen LogP contribution in [0, 0.1) is 0 Å². The molecular formula is C7H16O2Si. The summed E-state index contributed by atoms with van der Waals surface area (Å²) in [6, 6.07) is 0. The van der Waals surface area contributed by atoms with E-state index >= 15 is 0 Å². The van der Waals surface area contributed by atoms with Gasteiger partial charge in [-0.05, 0) is 6.92 Å². The number of hydrogen-bond donors (Lipinski definition) is 0. The van der Waals surface area contributed by atoms with E-state index in [1.807, 2.05) is 6.92 Å². The molecule has 60 valence electrons. The van der Waals surface area contributed by atoms with Crippen LogP contribution in [0.4, 0.5) is 0 Å². The van der Waals surface area contributed by atoms with Crippen LogP contribution in [0.15, 0.2) is 12.2 Å². The molecule has 0 bridgehead atoms. The van der Waals surface area contributed by atoms with Gasteiger partial charge in [0.1, 0.15) is 5.41 Å². The molecule has 0 atom stereocenters. The van der Waals surface area contributed by atoms with Gasteiger partial charge in [0.2, 0.25) is 0 Å². The fourth-order valence-electron chi connectivity index (χ4n) is 0.776. The second-order valence-electron chi connectivity index (χ2n) is 2.68. The lowest BCUT2D eigenvalue weighted by Gasteiger charge is -2.26. The average molecular weight is 160 g/mol. The van der Waals surface area contributed by atoms with Crippen LogP contribution < -0.4 is 0 Å². The first-order chi connectivity index (χ1) is 4.54. The molecule has 0 amide bonds. The zero-order chi connectivity index (χ0) is 8.20. The first-order valence-corrected chi connectivity index (χ1v) is 4.29. The van der Waals surface area contributed by atoms with Crippen LogP contribution >= 0.6 is 0 Å². The Morgan fingerprint density at radius 2 is 1.90 bits per heavy atom. The van der Waals surface area contributed by atoms with Gasteiger partial charge < -0.3 is 9.47 Å². The van der Waals surface area contributed by atoms with Gasteiger partial charge in [0, 0.05) is 20.6 Å². The van der Waals surface area contributed by atoms with Crippen molar-refractivity contribution < 1.29 is 9.47 Å². The number of hydrogen-bond acceptors (Lipinski definition) is 2. The molecule has 0 aromatic rings. The van der Waals surface area contributed by atoms with E-state index in [1.165, 1.54) is 0 Å². The summed E-state index contributed by atoms with van der Waals surface area (Å²) in [4.78, 5) is 0.